The van der Waals surface area contributed by atoms with E-state index < -0.39 is 65.5 Å². The molecule has 33 heavy (non-hydrogen) atoms. The molecule has 1 rings (SSSR count). The van der Waals surface area contributed by atoms with Crippen molar-refractivity contribution in [3.05, 3.63) is 33.1 Å². The number of aliphatic hydroxyl groups is 2. The molecule has 192 valence electrons. The summed E-state index contributed by atoms with van der Waals surface area (Å²) in [5.41, 5.74) is -2.01. The van der Waals surface area contributed by atoms with Gasteiger partial charge in [-0.05, 0) is 0 Å². The van der Waals surface area contributed by atoms with Crippen LogP contribution in [-0.2, 0) is 41.7 Å². The molecule has 0 amide bonds. The topological polar surface area (TPSA) is 242 Å². The molecule has 0 bridgehead atoms. The van der Waals surface area contributed by atoms with E-state index in [2.05, 4.69) is 23.2 Å². The number of nitrogens with one attached hydrogen (secondary N) is 1. The Morgan fingerprint density at radius 2 is 1.67 bits per heavy atom. The minimum absolute atomic E-state index is 0.360. The van der Waals surface area contributed by atoms with Crippen molar-refractivity contribution >= 4 is 23.0 Å². The van der Waals surface area contributed by atoms with Crippen LogP contribution in [0, 0.1) is 0 Å². The zero-order chi connectivity index (χ0) is 25.6. The third kappa shape index (κ3) is 10.4. The minimum Gasteiger partial charge on any atom is -0.387 e. The highest BCUT2D eigenvalue weighted by Crippen LogP contribution is 2.55. The first-order chi connectivity index (χ1) is 15.0. The van der Waals surface area contributed by atoms with E-state index in [0.717, 1.165) is 19.4 Å². The monoisotopic (exact) mass is 546 g/mol. The van der Waals surface area contributed by atoms with Crippen molar-refractivity contribution in [2.24, 2.45) is 0 Å². The van der Waals surface area contributed by atoms with Crippen LogP contribution in [0.2, 0.25) is 0 Å². The molecule has 0 spiro atoms. The van der Waals surface area contributed by atoms with Crippen LogP contribution < -0.4 is 11.2 Å². The number of phosphoric ester groups is 1. The maximum Gasteiger partial charge on any atom is 0.500 e. The lowest BCUT2D eigenvalue weighted by atomic mass is 10.1. The first kappa shape index (κ1) is 29.9. The highest BCUT2D eigenvalue weighted by Gasteiger charge is 2.38. The second-order valence-corrected chi connectivity index (χ2v) is 11.2. The molecule has 5 N–H and O–H groups in total. The van der Waals surface area contributed by atoms with Gasteiger partial charge in [0.2, 0.25) is 0 Å². The van der Waals surface area contributed by atoms with E-state index in [9.17, 15) is 42.8 Å². The second-order valence-electron chi connectivity index (χ2n) is 6.28. The summed E-state index contributed by atoms with van der Waals surface area (Å²) >= 11 is 0. The van der Waals surface area contributed by atoms with Gasteiger partial charge in [-0.15, -0.1) is 18.7 Å². The number of nitrogens with zero attached hydrogens (tertiary/aromatic N) is 1. The van der Waals surface area contributed by atoms with Gasteiger partial charge >= 0.3 is 28.7 Å². The van der Waals surface area contributed by atoms with Crippen LogP contribution in [0.3, 0.4) is 0 Å². The Kier molecular flexibility index (Phi) is 10.9. The predicted octanol–water partition coefficient (Wildman–Crippen LogP) is -0.607. The molecule has 0 fully saturated rings. The molecule has 7 atom stereocenters. The number of H-pyrrole nitrogens is 1. The summed E-state index contributed by atoms with van der Waals surface area (Å²) < 4.78 is 74.3. The van der Waals surface area contributed by atoms with Gasteiger partial charge in [0, 0.05) is 32.7 Å². The number of rotatable bonds is 14. The second kappa shape index (κ2) is 12.0. The fourth-order valence-corrected chi connectivity index (χ4v) is 4.11. The number of alkyl halides is 1. The minimum atomic E-state index is -5.22. The van der Waals surface area contributed by atoms with Crippen LogP contribution >= 0.6 is 23.0 Å². The number of halogens is 1. The van der Waals surface area contributed by atoms with Gasteiger partial charge in [0.1, 0.15) is 12.2 Å². The summed E-state index contributed by atoms with van der Waals surface area (Å²) in [7, 11) is -13.0. The Labute approximate surface area is 184 Å². The first-order valence-electron chi connectivity index (χ1n) is 8.43. The molecule has 21 heteroatoms. The van der Waals surface area contributed by atoms with Crippen molar-refractivity contribution in [2.45, 2.75) is 24.6 Å². The van der Waals surface area contributed by atoms with Gasteiger partial charge in [0.05, 0.1) is 6.61 Å². The van der Waals surface area contributed by atoms with Gasteiger partial charge < -0.3 is 24.7 Å². The van der Waals surface area contributed by atoms with Gasteiger partial charge in [-0.25, -0.2) is 13.8 Å². The molecular formula is C12H22FN2O15P3. The number of ether oxygens (including phenoxy) is 1. The highest BCUT2D eigenvalue weighted by atomic mass is 31.2. The van der Waals surface area contributed by atoms with E-state index in [4.69, 9.17) is 9.63 Å². The third-order valence-electron chi connectivity index (χ3n) is 3.40. The molecule has 0 aliphatic heterocycles. The van der Waals surface area contributed by atoms with Crippen molar-refractivity contribution < 1.29 is 66.0 Å². The smallest absolute Gasteiger partial charge is 0.387 e. The molecule has 0 aromatic carbocycles. The normalized spacial score (nSPS) is 21.2. The van der Waals surface area contributed by atoms with Crippen molar-refractivity contribution in [3.8, 4) is 0 Å². The molecule has 0 aliphatic rings. The average molecular weight is 546 g/mol. The average Bonchev–Trinajstić information content (AvgIpc) is 2.70. The van der Waals surface area contributed by atoms with E-state index in [0.29, 0.717) is 17.9 Å². The Bertz CT molecular complexity index is 1040. The van der Waals surface area contributed by atoms with E-state index in [1.807, 2.05) is 0 Å². The maximum atomic E-state index is 14.5. The fraction of sp³-hybridized carbons (Fsp3) is 0.667. The summed E-state index contributed by atoms with van der Waals surface area (Å²) in [6, 6.07) is 0.807. The van der Waals surface area contributed by atoms with Crippen molar-refractivity contribution in [1.82, 2.24) is 9.55 Å². The van der Waals surface area contributed by atoms with Gasteiger partial charge in [-0.1, -0.05) is 0 Å². The zero-order valence-electron chi connectivity index (χ0n) is 17.1. The Morgan fingerprint density at radius 1 is 1.09 bits per heavy atom. The number of aromatic nitrogens is 2. The molecule has 0 saturated carbocycles. The molecule has 1 aromatic heterocycles. The fourth-order valence-electron chi connectivity index (χ4n) is 1.90. The molecular weight excluding hydrogens is 524 g/mol. The Hall–Kier alpha value is -1.10. The number of phosphoric acid groups is 1. The van der Waals surface area contributed by atoms with E-state index in [1.54, 1.807) is 4.98 Å². The maximum absolute atomic E-state index is 14.5. The van der Waals surface area contributed by atoms with E-state index in [1.165, 1.54) is 0 Å². The van der Waals surface area contributed by atoms with Crippen LogP contribution in [0.25, 0.3) is 0 Å². The molecule has 0 saturated heterocycles. The highest BCUT2D eigenvalue weighted by molar-refractivity contribution is 7.55. The quantitative estimate of drug-likeness (QED) is 0.111. The van der Waals surface area contributed by atoms with E-state index in [-0.39, 0.29) is 0 Å². The van der Waals surface area contributed by atoms with Crippen molar-refractivity contribution in [3.63, 3.8) is 0 Å². The van der Waals surface area contributed by atoms with Crippen molar-refractivity contribution in [1.29, 1.82) is 0 Å². The standard InChI is InChI=1S/C12H22FN2O15P3/c1-25-7(10(17)9(13)11(18)15-5-4-8(16)14-12(15)19)6-26-33(23,24)30-29-32(3,22)28-27-31(2,20)21/h4-5,7,9-11,17-18H,6H2,1-3H3,(H,20,21)(H,23,24)(H,14,16,19)/t7-,9+,10+,11+,32?/m0/s1. The zero-order valence-corrected chi connectivity index (χ0v) is 19.8. The van der Waals surface area contributed by atoms with Crippen LogP contribution in [0.15, 0.2) is 21.9 Å². The van der Waals surface area contributed by atoms with Gasteiger partial charge in [-0.3, -0.25) is 28.0 Å². The number of methoxy groups -OCH3 is 1. The lowest BCUT2D eigenvalue weighted by molar-refractivity contribution is -0.186. The summed E-state index contributed by atoms with van der Waals surface area (Å²) in [5.74, 6) is 0. The SMILES string of the molecule is CO[C@@H](COP(=O)(O)OOP(C)(=O)OOP(C)(=O)O)[C@@H](O)[C@@H](F)[C@@H](O)n1ccc(=O)[nH]c1=O. The molecule has 17 nitrogen and oxygen atoms in total. The lowest BCUT2D eigenvalue weighted by Gasteiger charge is -2.27. The van der Waals surface area contributed by atoms with Crippen LogP contribution in [0.1, 0.15) is 6.23 Å². The van der Waals surface area contributed by atoms with Crippen LogP contribution in [0.4, 0.5) is 4.39 Å². The Morgan fingerprint density at radius 3 is 2.18 bits per heavy atom. The molecule has 3 unspecified atom stereocenters. The molecule has 0 radical (unpaired) electrons. The Balaban J connectivity index is 2.73. The third-order valence-corrected chi connectivity index (χ3v) is 5.42. The number of aliphatic hydroxyl groups excluding tert-OH is 2. The van der Waals surface area contributed by atoms with Crippen LogP contribution in [-0.4, -0.2) is 75.0 Å². The molecule has 1 heterocycles. The predicted molar refractivity (Wildman–Crippen MR) is 104 cm³/mol. The number of hydrogen-bond acceptors (Lipinski definition) is 13. The first-order valence-corrected chi connectivity index (χ1v) is 13.9. The largest absolute Gasteiger partial charge is 0.500 e. The summed E-state index contributed by atoms with van der Waals surface area (Å²) in [5, 5.41) is 20.0. The molecule has 1 aromatic rings. The van der Waals surface area contributed by atoms with Crippen molar-refractivity contribution in [2.75, 3.05) is 27.0 Å². The van der Waals surface area contributed by atoms with Gasteiger partial charge in [0.15, 0.2) is 12.4 Å². The lowest BCUT2D eigenvalue weighted by Crippen LogP contribution is -2.45. The van der Waals surface area contributed by atoms with Gasteiger partial charge in [-0.2, -0.15) is 0 Å². The summed E-state index contributed by atoms with van der Waals surface area (Å²) in [6.07, 6.45) is -8.14. The van der Waals surface area contributed by atoms with Crippen LogP contribution in [0.5, 0.6) is 0 Å². The number of hydrogen-bond donors (Lipinski definition) is 5. The van der Waals surface area contributed by atoms with Gasteiger partial charge in [0.25, 0.3) is 5.56 Å². The summed E-state index contributed by atoms with van der Waals surface area (Å²) in [4.78, 5) is 42.8. The number of aromatic amines is 1. The summed E-state index contributed by atoms with van der Waals surface area (Å²) in [6.45, 7) is 0.250. The van der Waals surface area contributed by atoms with E-state index >= 15 is 0 Å². The molecule has 0 aliphatic carbocycles.